The summed E-state index contributed by atoms with van der Waals surface area (Å²) in [6.45, 7) is 2.29. The van der Waals surface area contributed by atoms with Crippen LogP contribution in [0.15, 0.2) is 11.1 Å². The molecule has 0 spiro atoms. The summed E-state index contributed by atoms with van der Waals surface area (Å²) < 4.78 is 0. The topological polar surface area (TPSA) is 0 Å². The zero-order chi connectivity index (χ0) is 6.27. The lowest BCUT2D eigenvalue weighted by Crippen LogP contribution is -1.87. The maximum Gasteiger partial charge on any atom is 0.00126 e. The molecule has 2 rings (SSSR count). The van der Waals surface area contributed by atoms with Gasteiger partial charge in [0, 0.05) is 5.92 Å². The average molecular weight is 122 g/mol. The summed E-state index contributed by atoms with van der Waals surface area (Å²) in [5, 5.41) is 0. The van der Waals surface area contributed by atoms with E-state index in [1.165, 1.54) is 32.1 Å². The van der Waals surface area contributed by atoms with E-state index in [9.17, 15) is 0 Å². The minimum absolute atomic E-state index is 1.02. The Kier molecular flexibility index (Phi) is 1.14. The molecule has 0 unspecified atom stereocenters. The third-order valence-corrected chi connectivity index (χ3v) is 2.64. The average Bonchev–Trinajstić information content (AvgIpc) is 2.39. The Morgan fingerprint density at radius 3 is 2.56 bits per heavy atom. The second kappa shape index (κ2) is 1.86. The van der Waals surface area contributed by atoms with Crippen LogP contribution in [0.25, 0.3) is 0 Å². The van der Waals surface area contributed by atoms with Crippen molar-refractivity contribution in [1.29, 1.82) is 0 Å². The first-order valence-corrected chi connectivity index (χ1v) is 4.15. The number of rotatable bonds is 2. The molecule has 0 heterocycles. The molecular formula is C9H14. The Balaban J connectivity index is 1.86. The third-order valence-electron chi connectivity index (χ3n) is 2.64. The molecule has 0 aliphatic heterocycles. The van der Waals surface area contributed by atoms with Gasteiger partial charge < -0.3 is 0 Å². The molecule has 0 atom stereocenters. The SMILES string of the molecule is CCCC1C2=C1CCC2. The minimum Gasteiger partial charge on any atom is -0.0653 e. The summed E-state index contributed by atoms with van der Waals surface area (Å²) in [6, 6.07) is 0. The summed E-state index contributed by atoms with van der Waals surface area (Å²) in [6.07, 6.45) is 7.17. The van der Waals surface area contributed by atoms with Crippen molar-refractivity contribution < 1.29 is 0 Å². The quantitative estimate of drug-likeness (QED) is 0.494. The van der Waals surface area contributed by atoms with Gasteiger partial charge in [0.15, 0.2) is 0 Å². The van der Waals surface area contributed by atoms with Crippen molar-refractivity contribution >= 4 is 0 Å². The predicted octanol–water partition coefficient (Wildman–Crippen LogP) is 2.90. The van der Waals surface area contributed by atoms with Crippen molar-refractivity contribution in [3.63, 3.8) is 0 Å². The van der Waals surface area contributed by atoms with Gasteiger partial charge >= 0.3 is 0 Å². The molecule has 2 aliphatic carbocycles. The van der Waals surface area contributed by atoms with Gasteiger partial charge in [-0.2, -0.15) is 0 Å². The first-order valence-electron chi connectivity index (χ1n) is 4.15. The normalized spacial score (nSPS) is 25.0. The molecule has 0 aromatic rings. The molecule has 0 aromatic heterocycles. The molecule has 9 heavy (non-hydrogen) atoms. The van der Waals surface area contributed by atoms with Gasteiger partial charge in [0.05, 0.1) is 0 Å². The van der Waals surface area contributed by atoms with Crippen LogP contribution in [0.3, 0.4) is 0 Å². The Morgan fingerprint density at radius 1 is 1.33 bits per heavy atom. The Morgan fingerprint density at radius 2 is 2.00 bits per heavy atom. The van der Waals surface area contributed by atoms with Crippen LogP contribution in [-0.2, 0) is 0 Å². The Hall–Kier alpha value is -0.260. The highest BCUT2D eigenvalue weighted by atomic mass is 14.4. The summed E-state index contributed by atoms with van der Waals surface area (Å²) in [4.78, 5) is 0. The molecule has 0 aromatic carbocycles. The molecule has 0 radical (unpaired) electrons. The van der Waals surface area contributed by atoms with Crippen molar-refractivity contribution in [2.75, 3.05) is 0 Å². The molecule has 0 bridgehead atoms. The van der Waals surface area contributed by atoms with Crippen LogP contribution in [0.4, 0.5) is 0 Å². The molecule has 0 heteroatoms. The van der Waals surface area contributed by atoms with Gasteiger partial charge in [0.1, 0.15) is 0 Å². The van der Waals surface area contributed by atoms with E-state index in [0.717, 1.165) is 5.92 Å². The van der Waals surface area contributed by atoms with E-state index in [1.54, 1.807) is 0 Å². The molecular weight excluding hydrogens is 108 g/mol. The van der Waals surface area contributed by atoms with Crippen LogP contribution in [0.2, 0.25) is 0 Å². The summed E-state index contributed by atoms with van der Waals surface area (Å²) in [5.41, 5.74) is 3.69. The molecule has 0 saturated carbocycles. The standard InChI is InChI=1S/C9H14/c1-2-4-7-8-5-3-6-9(7)8/h7H,2-6H2,1H3. The van der Waals surface area contributed by atoms with Gasteiger partial charge in [-0.25, -0.2) is 0 Å². The van der Waals surface area contributed by atoms with Crippen LogP contribution in [0.5, 0.6) is 0 Å². The Labute approximate surface area is 57.0 Å². The Bertz CT molecular complexity index is 139. The molecule has 2 aliphatic rings. The maximum absolute atomic E-state index is 2.29. The van der Waals surface area contributed by atoms with E-state index < -0.39 is 0 Å². The predicted molar refractivity (Wildman–Crippen MR) is 39.3 cm³/mol. The van der Waals surface area contributed by atoms with E-state index in [2.05, 4.69) is 6.92 Å². The monoisotopic (exact) mass is 122 g/mol. The van der Waals surface area contributed by atoms with Gasteiger partial charge in [0.25, 0.3) is 0 Å². The van der Waals surface area contributed by atoms with Gasteiger partial charge in [-0.3, -0.25) is 0 Å². The lowest BCUT2D eigenvalue weighted by atomic mass is 10.0. The highest BCUT2D eigenvalue weighted by Gasteiger charge is 2.37. The summed E-state index contributed by atoms with van der Waals surface area (Å²) in [7, 11) is 0. The summed E-state index contributed by atoms with van der Waals surface area (Å²) >= 11 is 0. The van der Waals surface area contributed by atoms with E-state index in [0.29, 0.717) is 0 Å². The first-order chi connectivity index (χ1) is 4.43. The van der Waals surface area contributed by atoms with Crippen LogP contribution < -0.4 is 0 Å². The van der Waals surface area contributed by atoms with Gasteiger partial charge in [-0.1, -0.05) is 24.5 Å². The smallest absolute Gasteiger partial charge is 0.00126 e. The fourth-order valence-electron chi connectivity index (χ4n) is 2.15. The highest BCUT2D eigenvalue weighted by Crippen LogP contribution is 2.52. The lowest BCUT2D eigenvalue weighted by molar-refractivity contribution is 0.648. The molecule has 0 saturated heterocycles. The van der Waals surface area contributed by atoms with Gasteiger partial charge in [0.2, 0.25) is 0 Å². The van der Waals surface area contributed by atoms with E-state index in [-0.39, 0.29) is 0 Å². The fourth-order valence-corrected chi connectivity index (χ4v) is 2.15. The van der Waals surface area contributed by atoms with Gasteiger partial charge in [-0.15, -0.1) is 0 Å². The fraction of sp³-hybridized carbons (Fsp3) is 0.778. The maximum atomic E-state index is 2.29. The second-order valence-corrected chi connectivity index (χ2v) is 3.25. The van der Waals surface area contributed by atoms with Crippen molar-refractivity contribution in [3.05, 3.63) is 11.1 Å². The van der Waals surface area contributed by atoms with Crippen LogP contribution in [0.1, 0.15) is 39.0 Å². The number of allylic oxidation sites excluding steroid dienone is 2. The van der Waals surface area contributed by atoms with Crippen molar-refractivity contribution in [2.24, 2.45) is 5.92 Å². The van der Waals surface area contributed by atoms with E-state index in [1.807, 2.05) is 11.1 Å². The largest absolute Gasteiger partial charge is 0.0653 e. The zero-order valence-corrected chi connectivity index (χ0v) is 6.11. The molecule has 0 N–H and O–H groups in total. The van der Waals surface area contributed by atoms with Gasteiger partial charge in [-0.05, 0) is 25.7 Å². The van der Waals surface area contributed by atoms with Crippen LogP contribution in [-0.4, -0.2) is 0 Å². The number of hydrogen-bond acceptors (Lipinski definition) is 0. The van der Waals surface area contributed by atoms with Crippen LogP contribution >= 0.6 is 0 Å². The summed E-state index contributed by atoms with van der Waals surface area (Å²) in [5.74, 6) is 1.02. The van der Waals surface area contributed by atoms with E-state index >= 15 is 0 Å². The molecule has 0 nitrogen and oxygen atoms in total. The van der Waals surface area contributed by atoms with Crippen molar-refractivity contribution in [2.45, 2.75) is 39.0 Å². The highest BCUT2D eigenvalue weighted by molar-refractivity contribution is 5.44. The first kappa shape index (κ1) is 5.52. The van der Waals surface area contributed by atoms with Crippen molar-refractivity contribution in [1.82, 2.24) is 0 Å². The zero-order valence-electron chi connectivity index (χ0n) is 6.11. The molecule has 50 valence electrons. The third kappa shape index (κ3) is 0.726. The van der Waals surface area contributed by atoms with Crippen LogP contribution in [0, 0.1) is 5.92 Å². The van der Waals surface area contributed by atoms with E-state index in [4.69, 9.17) is 0 Å². The molecule has 0 amide bonds. The van der Waals surface area contributed by atoms with Crippen molar-refractivity contribution in [3.8, 4) is 0 Å². The second-order valence-electron chi connectivity index (χ2n) is 3.25. The number of hydrogen-bond donors (Lipinski definition) is 0. The lowest BCUT2D eigenvalue weighted by Gasteiger charge is -2.01. The minimum atomic E-state index is 1.02. The molecule has 0 fully saturated rings.